The maximum Gasteiger partial charge on any atom is 0.306 e. The van der Waals surface area contributed by atoms with Gasteiger partial charge in [-0.05, 0) is 31.5 Å². The van der Waals surface area contributed by atoms with Gasteiger partial charge in [0.1, 0.15) is 0 Å². The Bertz CT molecular complexity index is 499. The molecule has 0 bridgehead atoms. The highest BCUT2D eigenvalue weighted by Crippen LogP contribution is 2.17. The minimum Gasteiger partial charge on any atom is -0.481 e. The van der Waals surface area contributed by atoms with Crippen molar-refractivity contribution in [1.82, 2.24) is 5.32 Å². The number of nitrogens with one attached hydrogen (secondary N) is 1. The minimum atomic E-state index is -1.50. The molecule has 1 atom stereocenters. The highest BCUT2D eigenvalue weighted by atomic mass is 35.5. The average molecular weight is 286 g/mol. The number of hydrogen-bond acceptors (Lipinski definition) is 3. The number of carboxylic acid groups (broad SMARTS) is 1. The lowest BCUT2D eigenvalue weighted by atomic mass is 10.0. The van der Waals surface area contributed by atoms with Gasteiger partial charge in [0.25, 0.3) is 5.91 Å². The van der Waals surface area contributed by atoms with E-state index < -0.39 is 23.9 Å². The van der Waals surface area contributed by atoms with Crippen molar-refractivity contribution in [3.8, 4) is 0 Å². The van der Waals surface area contributed by atoms with Gasteiger partial charge in [-0.1, -0.05) is 17.7 Å². The number of aliphatic carboxylic acids is 1. The molecule has 0 fully saturated rings. The number of carbonyl (C=O) groups excluding carboxylic acids is 1. The van der Waals surface area contributed by atoms with Crippen molar-refractivity contribution in [1.29, 1.82) is 0 Å². The zero-order chi connectivity index (χ0) is 14.6. The molecule has 0 aromatic heterocycles. The third kappa shape index (κ3) is 4.89. The first-order valence-electron chi connectivity index (χ1n) is 5.70. The Hall–Kier alpha value is -1.59. The normalized spacial score (nSPS) is 13.7. The molecular formula is C13H16ClNO4. The minimum absolute atomic E-state index is 0.164. The van der Waals surface area contributed by atoms with Gasteiger partial charge >= 0.3 is 5.97 Å². The second-order valence-electron chi connectivity index (χ2n) is 4.73. The van der Waals surface area contributed by atoms with Gasteiger partial charge < -0.3 is 15.5 Å². The second-order valence-corrected chi connectivity index (χ2v) is 5.14. The summed E-state index contributed by atoms with van der Waals surface area (Å²) in [7, 11) is 0. The zero-order valence-corrected chi connectivity index (χ0v) is 11.5. The number of rotatable bonds is 5. The van der Waals surface area contributed by atoms with Crippen molar-refractivity contribution in [2.75, 3.05) is 6.54 Å². The van der Waals surface area contributed by atoms with Crippen molar-refractivity contribution >= 4 is 23.5 Å². The van der Waals surface area contributed by atoms with Crippen LogP contribution in [-0.2, 0) is 4.79 Å². The lowest BCUT2D eigenvalue weighted by molar-refractivity contribution is -0.141. The van der Waals surface area contributed by atoms with Crippen molar-refractivity contribution < 1.29 is 19.8 Å². The number of carbonyl (C=O) groups is 2. The molecule has 0 aliphatic rings. The fourth-order valence-electron chi connectivity index (χ4n) is 1.56. The standard InChI is InChI=1S/C13H16ClNO4/c1-8-3-4-9(10(14)5-8)12(18)15-7-13(2,19)6-11(16)17/h3-5,19H,6-7H2,1-2H3,(H,15,18)(H,16,17). The Morgan fingerprint density at radius 3 is 2.58 bits per heavy atom. The van der Waals surface area contributed by atoms with Crippen molar-refractivity contribution in [3.63, 3.8) is 0 Å². The molecule has 0 saturated heterocycles. The fourth-order valence-corrected chi connectivity index (χ4v) is 1.88. The van der Waals surface area contributed by atoms with E-state index in [9.17, 15) is 14.7 Å². The molecule has 104 valence electrons. The van der Waals surface area contributed by atoms with E-state index in [1.165, 1.54) is 6.92 Å². The summed E-state index contributed by atoms with van der Waals surface area (Å²) in [6.45, 7) is 3.03. The first kappa shape index (κ1) is 15.5. The molecule has 1 aromatic rings. The SMILES string of the molecule is Cc1ccc(C(=O)NCC(C)(O)CC(=O)O)c(Cl)c1. The molecule has 1 aromatic carbocycles. The summed E-state index contributed by atoms with van der Waals surface area (Å²) < 4.78 is 0. The molecular weight excluding hydrogens is 270 g/mol. The Morgan fingerprint density at radius 1 is 1.42 bits per heavy atom. The molecule has 3 N–H and O–H groups in total. The monoisotopic (exact) mass is 285 g/mol. The van der Waals surface area contributed by atoms with E-state index in [4.69, 9.17) is 16.7 Å². The first-order chi connectivity index (χ1) is 8.71. The highest BCUT2D eigenvalue weighted by molar-refractivity contribution is 6.33. The van der Waals surface area contributed by atoms with Crippen LogP contribution in [-0.4, -0.2) is 34.2 Å². The van der Waals surface area contributed by atoms with E-state index in [-0.39, 0.29) is 6.54 Å². The van der Waals surface area contributed by atoms with Gasteiger partial charge in [-0.2, -0.15) is 0 Å². The van der Waals surface area contributed by atoms with E-state index in [1.807, 2.05) is 6.92 Å². The average Bonchev–Trinajstić information content (AvgIpc) is 2.24. The summed E-state index contributed by atoms with van der Waals surface area (Å²) in [5.74, 6) is -1.58. The van der Waals surface area contributed by atoms with Crippen LogP contribution in [0.15, 0.2) is 18.2 Å². The summed E-state index contributed by atoms with van der Waals surface area (Å²) in [5, 5.41) is 21.2. The molecule has 0 spiro atoms. The van der Waals surface area contributed by atoms with Gasteiger partial charge in [0.15, 0.2) is 0 Å². The van der Waals surface area contributed by atoms with Crippen LogP contribution in [0.5, 0.6) is 0 Å². The van der Waals surface area contributed by atoms with Crippen LogP contribution in [0, 0.1) is 6.92 Å². The molecule has 0 aliphatic carbocycles. The largest absolute Gasteiger partial charge is 0.481 e. The van der Waals surface area contributed by atoms with Crippen molar-refractivity contribution in [2.45, 2.75) is 25.9 Å². The summed E-state index contributed by atoms with van der Waals surface area (Å²) in [6.07, 6.45) is -0.449. The zero-order valence-electron chi connectivity index (χ0n) is 10.7. The number of aliphatic hydroxyl groups is 1. The van der Waals surface area contributed by atoms with E-state index in [0.717, 1.165) is 5.56 Å². The summed E-state index contributed by atoms with van der Waals surface area (Å²) in [4.78, 5) is 22.4. The Morgan fingerprint density at radius 2 is 2.05 bits per heavy atom. The summed E-state index contributed by atoms with van der Waals surface area (Å²) in [5.41, 5.74) is -0.281. The molecule has 1 amide bonds. The maximum absolute atomic E-state index is 11.9. The quantitative estimate of drug-likeness (QED) is 0.767. The van der Waals surface area contributed by atoms with Crippen LogP contribution in [0.2, 0.25) is 5.02 Å². The van der Waals surface area contributed by atoms with Crippen molar-refractivity contribution in [2.24, 2.45) is 0 Å². The molecule has 0 aliphatic heterocycles. The van der Waals surface area contributed by atoms with Crippen molar-refractivity contribution in [3.05, 3.63) is 34.3 Å². The lowest BCUT2D eigenvalue weighted by Gasteiger charge is -2.21. The molecule has 1 unspecified atom stereocenters. The van der Waals surface area contributed by atoms with Crippen LogP contribution in [0.25, 0.3) is 0 Å². The fraction of sp³-hybridized carbons (Fsp3) is 0.385. The molecule has 0 radical (unpaired) electrons. The number of benzene rings is 1. The maximum atomic E-state index is 11.9. The number of carboxylic acids is 1. The number of amides is 1. The number of halogens is 1. The summed E-state index contributed by atoms with van der Waals surface area (Å²) >= 11 is 5.94. The third-order valence-corrected chi connectivity index (χ3v) is 2.84. The molecule has 0 saturated carbocycles. The van der Waals surface area contributed by atoms with Crippen LogP contribution in [0.3, 0.4) is 0 Å². The van der Waals surface area contributed by atoms with Crippen LogP contribution < -0.4 is 5.32 Å². The molecule has 6 heteroatoms. The van der Waals surface area contributed by atoms with Gasteiger partial charge in [0, 0.05) is 6.54 Å². The first-order valence-corrected chi connectivity index (χ1v) is 6.07. The molecule has 19 heavy (non-hydrogen) atoms. The summed E-state index contributed by atoms with van der Waals surface area (Å²) in [6, 6.07) is 4.99. The molecule has 5 nitrogen and oxygen atoms in total. The predicted molar refractivity (Wildman–Crippen MR) is 71.4 cm³/mol. The second kappa shape index (κ2) is 6.04. The Kier molecular flexibility index (Phi) is 4.91. The van der Waals surface area contributed by atoms with Gasteiger partial charge in [0.2, 0.25) is 0 Å². The molecule has 0 heterocycles. The Labute approximate surface area is 116 Å². The predicted octanol–water partition coefficient (Wildman–Crippen LogP) is 1.60. The van der Waals surface area contributed by atoms with E-state index in [1.54, 1.807) is 18.2 Å². The van der Waals surface area contributed by atoms with Gasteiger partial charge in [0.05, 0.1) is 22.6 Å². The van der Waals surface area contributed by atoms with Crippen LogP contribution in [0.4, 0.5) is 0 Å². The third-order valence-electron chi connectivity index (χ3n) is 2.53. The van der Waals surface area contributed by atoms with Gasteiger partial charge in [-0.3, -0.25) is 9.59 Å². The van der Waals surface area contributed by atoms with Gasteiger partial charge in [-0.25, -0.2) is 0 Å². The number of aryl methyl sites for hydroxylation is 1. The Balaban J connectivity index is 2.68. The van der Waals surface area contributed by atoms with Crippen LogP contribution in [0.1, 0.15) is 29.3 Å². The van der Waals surface area contributed by atoms with E-state index in [2.05, 4.69) is 5.32 Å². The smallest absolute Gasteiger partial charge is 0.306 e. The lowest BCUT2D eigenvalue weighted by Crippen LogP contribution is -2.42. The van der Waals surface area contributed by atoms with Crippen LogP contribution >= 0.6 is 11.6 Å². The molecule has 1 rings (SSSR count). The van der Waals surface area contributed by atoms with E-state index >= 15 is 0 Å². The van der Waals surface area contributed by atoms with E-state index in [0.29, 0.717) is 10.6 Å². The number of hydrogen-bond donors (Lipinski definition) is 3. The topological polar surface area (TPSA) is 86.6 Å². The highest BCUT2D eigenvalue weighted by Gasteiger charge is 2.25. The van der Waals surface area contributed by atoms with Gasteiger partial charge in [-0.15, -0.1) is 0 Å².